The van der Waals surface area contributed by atoms with Gasteiger partial charge in [0.25, 0.3) is 0 Å². The molecule has 2 aromatic carbocycles. The second-order valence-electron chi connectivity index (χ2n) is 7.77. The fourth-order valence-electron chi connectivity index (χ4n) is 4.14. The third-order valence-corrected chi connectivity index (χ3v) is 5.72. The van der Waals surface area contributed by atoms with Crippen LogP contribution < -0.4 is 0 Å². The Hall–Kier alpha value is -2.91. The first kappa shape index (κ1) is 17.2. The van der Waals surface area contributed by atoms with E-state index in [0.29, 0.717) is 0 Å². The van der Waals surface area contributed by atoms with Crippen LogP contribution in [0.3, 0.4) is 0 Å². The highest BCUT2D eigenvalue weighted by atomic mass is 15.2. The van der Waals surface area contributed by atoms with Crippen LogP contribution in [0.5, 0.6) is 0 Å². The summed E-state index contributed by atoms with van der Waals surface area (Å²) in [7, 11) is 0. The third kappa shape index (κ3) is 3.23. The molecule has 1 aliphatic heterocycles. The van der Waals surface area contributed by atoms with E-state index < -0.39 is 0 Å². The number of hydrogen-bond donors (Lipinski definition) is 0. The van der Waals surface area contributed by atoms with Gasteiger partial charge in [0, 0.05) is 18.3 Å². The number of fused-ring (bicyclic) bond motifs is 1. The van der Waals surface area contributed by atoms with Crippen LogP contribution in [0.4, 0.5) is 0 Å². The largest absolute Gasteiger partial charge is 0.301 e. The highest BCUT2D eigenvalue weighted by Crippen LogP contribution is 2.29. The average Bonchev–Trinajstić information content (AvgIpc) is 3.37. The lowest BCUT2D eigenvalue weighted by atomic mass is 10.1. The molecule has 4 aromatic rings. The molecule has 140 valence electrons. The van der Waals surface area contributed by atoms with Gasteiger partial charge in [0.1, 0.15) is 5.65 Å². The van der Waals surface area contributed by atoms with Gasteiger partial charge < -0.3 is 4.40 Å². The smallest absolute Gasteiger partial charge is 0.137 e. The molecule has 2 aromatic heterocycles. The van der Waals surface area contributed by atoms with E-state index in [-0.39, 0.29) is 0 Å². The normalized spacial score (nSPS) is 14.8. The summed E-state index contributed by atoms with van der Waals surface area (Å²) in [6, 6.07) is 23.6. The van der Waals surface area contributed by atoms with Crippen molar-refractivity contribution in [1.82, 2.24) is 14.3 Å². The van der Waals surface area contributed by atoms with Crippen LogP contribution >= 0.6 is 0 Å². The van der Waals surface area contributed by atoms with E-state index in [4.69, 9.17) is 4.98 Å². The fourth-order valence-corrected chi connectivity index (χ4v) is 4.14. The molecule has 0 aliphatic carbocycles. The van der Waals surface area contributed by atoms with Crippen LogP contribution in [0, 0.1) is 6.92 Å². The minimum Gasteiger partial charge on any atom is -0.301 e. The zero-order valence-corrected chi connectivity index (χ0v) is 16.3. The summed E-state index contributed by atoms with van der Waals surface area (Å²) in [5, 5.41) is 0. The molecule has 0 amide bonds. The van der Waals surface area contributed by atoms with Crippen molar-refractivity contribution in [3.63, 3.8) is 0 Å². The summed E-state index contributed by atoms with van der Waals surface area (Å²) >= 11 is 0. The van der Waals surface area contributed by atoms with Crippen molar-refractivity contribution in [2.45, 2.75) is 26.3 Å². The zero-order valence-electron chi connectivity index (χ0n) is 16.3. The number of hydrogen-bond acceptors (Lipinski definition) is 2. The molecule has 0 atom stereocenters. The molecule has 1 fully saturated rings. The first-order valence-electron chi connectivity index (χ1n) is 10.1. The number of benzene rings is 2. The summed E-state index contributed by atoms with van der Waals surface area (Å²) in [4.78, 5) is 7.58. The van der Waals surface area contributed by atoms with Crippen molar-refractivity contribution in [2.75, 3.05) is 13.1 Å². The number of aryl methyl sites for hydroxylation is 1. The molecule has 1 aliphatic rings. The highest BCUT2D eigenvalue weighted by molar-refractivity contribution is 5.70. The third-order valence-electron chi connectivity index (χ3n) is 5.72. The molecule has 3 heteroatoms. The number of aromatic nitrogens is 2. The molecule has 0 spiro atoms. The lowest BCUT2D eigenvalue weighted by molar-refractivity contribution is 0.327. The number of imidazole rings is 1. The van der Waals surface area contributed by atoms with Gasteiger partial charge in [0.05, 0.1) is 11.4 Å². The van der Waals surface area contributed by atoms with Gasteiger partial charge in [-0.1, -0.05) is 60.2 Å². The second kappa shape index (κ2) is 7.25. The minimum absolute atomic E-state index is 0.947. The van der Waals surface area contributed by atoms with E-state index in [9.17, 15) is 0 Å². The average molecular weight is 367 g/mol. The quantitative estimate of drug-likeness (QED) is 0.470. The van der Waals surface area contributed by atoms with Crippen LogP contribution in [0.25, 0.3) is 28.0 Å². The predicted molar refractivity (Wildman–Crippen MR) is 115 cm³/mol. The summed E-state index contributed by atoms with van der Waals surface area (Å²) in [5.74, 6) is 0. The Labute approximate surface area is 166 Å². The number of nitrogens with zero attached hydrogens (tertiary/aromatic N) is 3. The van der Waals surface area contributed by atoms with Gasteiger partial charge in [0.15, 0.2) is 0 Å². The van der Waals surface area contributed by atoms with Crippen molar-refractivity contribution in [2.24, 2.45) is 0 Å². The van der Waals surface area contributed by atoms with Gasteiger partial charge in [-0.3, -0.25) is 4.90 Å². The van der Waals surface area contributed by atoms with Crippen molar-refractivity contribution >= 4 is 5.65 Å². The van der Waals surface area contributed by atoms with E-state index in [2.05, 4.69) is 89.2 Å². The summed E-state index contributed by atoms with van der Waals surface area (Å²) in [5.41, 5.74) is 8.36. The zero-order chi connectivity index (χ0) is 18.9. The molecule has 1 saturated heterocycles. The van der Waals surface area contributed by atoms with Gasteiger partial charge in [-0.2, -0.15) is 0 Å². The van der Waals surface area contributed by atoms with E-state index in [1.165, 1.54) is 53.9 Å². The maximum absolute atomic E-state index is 5.03. The number of rotatable bonds is 4. The van der Waals surface area contributed by atoms with Crippen molar-refractivity contribution in [3.8, 4) is 22.4 Å². The van der Waals surface area contributed by atoms with E-state index in [1.54, 1.807) is 0 Å². The predicted octanol–water partition coefficient (Wildman–Crippen LogP) is 5.57. The maximum Gasteiger partial charge on any atom is 0.137 e. The Morgan fingerprint density at radius 3 is 2.25 bits per heavy atom. The van der Waals surface area contributed by atoms with Crippen molar-refractivity contribution < 1.29 is 0 Å². The molecule has 3 heterocycles. The Morgan fingerprint density at radius 1 is 0.786 bits per heavy atom. The minimum atomic E-state index is 0.947. The molecule has 5 rings (SSSR count). The van der Waals surface area contributed by atoms with Crippen LogP contribution in [0.1, 0.15) is 24.1 Å². The van der Waals surface area contributed by atoms with Gasteiger partial charge in [-0.15, -0.1) is 0 Å². The molecule has 0 radical (unpaired) electrons. The fraction of sp³-hybridized carbons (Fsp3) is 0.240. The van der Waals surface area contributed by atoms with Crippen LogP contribution in [0.2, 0.25) is 0 Å². The van der Waals surface area contributed by atoms with Gasteiger partial charge in [0.2, 0.25) is 0 Å². The molecule has 0 saturated carbocycles. The maximum atomic E-state index is 5.03. The van der Waals surface area contributed by atoms with Gasteiger partial charge in [-0.25, -0.2) is 4.98 Å². The van der Waals surface area contributed by atoms with Crippen molar-refractivity contribution in [1.29, 1.82) is 0 Å². The first-order valence-corrected chi connectivity index (χ1v) is 10.1. The summed E-state index contributed by atoms with van der Waals surface area (Å²) in [6.07, 6.45) is 4.85. The van der Waals surface area contributed by atoms with Crippen molar-refractivity contribution in [3.05, 3.63) is 84.2 Å². The van der Waals surface area contributed by atoms with Crippen LogP contribution in [-0.4, -0.2) is 27.4 Å². The topological polar surface area (TPSA) is 20.5 Å². The van der Waals surface area contributed by atoms with Crippen LogP contribution in [0.15, 0.2) is 72.9 Å². The Morgan fingerprint density at radius 2 is 1.50 bits per heavy atom. The van der Waals surface area contributed by atoms with E-state index in [1.807, 2.05) is 0 Å². The second-order valence-corrected chi connectivity index (χ2v) is 7.77. The molecule has 0 N–H and O–H groups in total. The monoisotopic (exact) mass is 367 g/mol. The molecule has 0 bridgehead atoms. The lowest BCUT2D eigenvalue weighted by Gasteiger charge is -2.16. The van der Waals surface area contributed by atoms with E-state index in [0.717, 1.165) is 17.9 Å². The SMILES string of the molecule is Cc1ccc(-c2nc3ccc(-c4ccccc4)cn3c2CN2CCCC2)cc1. The Kier molecular flexibility index (Phi) is 4.46. The summed E-state index contributed by atoms with van der Waals surface area (Å²) in [6.45, 7) is 5.44. The molecular weight excluding hydrogens is 342 g/mol. The number of likely N-dealkylation sites (tertiary alicyclic amines) is 1. The molecular formula is C25H25N3. The van der Waals surface area contributed by atoms with E-state index >= 15 is 0 Å². The molecule has 3 nitrogen and oxygen atoms in total. The lowest BCUT2D eigenvalue weighted by Crippen LogP contribution is -2.20. The van der Waals surface area contributed by atoms with Gasteiger partial charge in [-0.05, 0) is 56.1 Å². The highest BCUT2D eigenvalue weighted by Gasteiger charge is 2.19. The Bertz CT molecular complexity index is 1090. The molecule has 0 unspecified atom stereocenters. The first-order chi connectivity index (χ1) is 13.8. The van der Waals surface area contributed by atoms with Crippen LogP contribution in [-0.2, 0) is 6.54 Å². The summed E-state index contributed by atoms with van der Waals surface area (Å²) < 4.78 is 2.30. The van der Waals surface area contributed by atoms with Gasteiger partial charge >= 0.3 is 0 Å². The number of pyridine rings is 1. The Balaban J connectivity index is 1.66. The molecule has 28 heavy (non-hydrogen) atoms. The standard InChI is InChI=1S/C25H25N3/c1-19-9-11-21(12-10-19)25-23(18-27-15-5-6-16-27)28-17-22(13-14-24(28)26-25)20-7-3-2-4-8-20/h2-4,7-14,17H,5-6,15-16,18H2,1H3.